The highest BCUT2D eigenvalue weighted by atomic mass is 16.5. The Hall–Kier alpha value is -2.70. The molecule has 140 valence electrons. The zero-order chi connectivity index (χ0) is 18.6. The Kier molecular flexibility index (Phi) is 5.18. The number of ether oxygens (including phenoxy) is 1. The molecule has 0 radical (unpaired) electrons. The van der Waals surface area contributed by atoms with Gasteiger partial charge >= 0.3 is 0 Å². The zero-order valence-corrected chi connectivity index (χ0v) is 15.8. The fourth-order valence-corrected chi connectivity index (χ4v) is 3.82. The maximum atomic E-state index is 5.60. The van der Waals surface area contributed by atoms with Crippen molar-refractivity contribution < 1.29 is 4.74 Å². The van der Waals surface area contributed by atoms with Crippen molar-refractivity contribution in [3.05, 3.63) is 71.8 Å². The lowest BCUT2D eigenvalue weighted by atomic mass is 10.0. The van der Waals surface area contributed by atoms with Gasteiger partial charge in [0, 0.05) is 31.7 Å². The minimum atomic E-state index is 0.296. The highest BCUT2D eigenvalue weighted by Crippen LogP contribution is 2.31. The van der Waals surface area contributed by atoms with E-state index in [2.05, 4.69) is 57.6 Å². The van der Waals surface area contributed by atoms with Gasteiger partial charge in [0.15, 0.2) is 0 Å². The standard InChI is InChI=1S/C21H25N5O/c1-16-11-17(7-8-19(16)26-15-23-14-24-26)13-25-10-9-22-12-20(25)18-5-3-4-6-21(18)27-2/h3-8,11,14-15,20,22H,9-10,12-13H2,1-2H3. The monoisotopic (exact) mass is 363 g/mol. The predicted octanol–water partition coefficient (Wildman–Crippen LogP) is 2.73. The molecule has 0 amide bonds. The molecule has 2 heterocycles. The number of hydrogen-bond donors (Lipinski definition) is 1. The van der Waals surface area contributed by atoms with Gasteiger partial charge in [-0.2, -0.15) is 5.10 Å². The van der Waals surface area contributed by atoms with Gasteiger partial charge in [-0.15, -0.1) is 0 Å². The molecule has 6 nitrogen and oxygen atoms in total. The van der Waals surface area contributed by atoms with E-state index in [-0.39, 0.29) is 0 Å². The SMILES string of the molecule is COc1ccccc1C1CNCCN1Cc1ccc(-n2cncn2)c(C)c1. The third-order valence-electron chi connectivity index (χ3n) is 5.16. The molecule has 1 aliphatic rings. The summed E-state index contributed by atoms with van der Waals surface area (Å²) >= 11 is 0. The van der Waals surface area contributed by atoms with Crippen LogP contribution in [0, 0.1) is 6.92 Å². The van der Waals surface area contributed by atoms with Crippen LogP contribution < -0.4 is 10.1 Å². The van der Waals surface area contributed by atoms with Crippen LogP contribution in [0.2, 0.25) is 0 Å². The van der Waals surface area contributed by atoms with Gasteiger partial charge in [-0.05, 0) is 30.2 Å². The maximum absolute atomic E-state index is 5.60. The van der Waals surface area contributed by atoms with E-state index in [1.807, 2.05) is 16.8 Å². The number of aryl methyl sites for hydroxylation is 1. The van der Waals surface area contributed by atoms with E-state index < -0.39 is 0 Å². The summed E-state index contributed by atoms with van der Waals surface area (Å²) in [5, 5.41) is 7.76. The molecular formula is C21H25N5O. The Morgan fingerprint density at radius 2 is 2.11 bits per heavy atom. The van der Waals surface area contributed by atoms with Crippen LogP contribution in [0.1, 0.15) is 22.7 Å². The zero-order valence-electron chi connectivity index (χ0n) is 15.8. The van der Waals surface area contributed by atoms with Crippen molar-refractivity contribution in [1.82, 2.24) is 25.0 Å². The fourth-order valence-electron chi connectivity index (χ4n) is 3.82. The molecule has 4 rings (SSSR count). The molecule has 1 saturated heterocycles. The van der Waals surface area contributed by atoms with E-state index in [4.69, 9.17) is 4.74 Å². The second-order valence-electron chi connectivity index (χ2n) is 6.89. The van der Waals surface area contributed by atoms with Crippen LogP contribution >= 0.6 is 0 Å². The normalized spacial score (nSPS) is 17.8. The first-order valence-corrected chi connectivity index (χ1v) is 9.28. The third-order valence-corrected chi connectivity index (χ3v) is 5.16. The summed E-state index contributed by atoms with van der Waals surface area (Å²) in [4.78, 5) is 6.57. The Bertz CT molecular complexity index is 893. The summed E-state index contributed by atoms with van der Waals surface area (Å²) in [7, 11) is 1.74. The van der Waals surface area contributed by atoms with Crippen LogP contribution in [0.5, 0.6) is 5.75 Å². The van der Waals surface area contributed by atoms with Crippen LogP contribution in [0.4, 0.5) is 0 Å². The molecule has 1 N–H and O–H groups in total. The molecule has 0 bridgehead atoms. The largest absolute Gasteiger partial charge is 0.496 e. The molecular weight excluding hydrogens is 338 g/mol. The minimum Gasteiger partial charge on any atom is -0.496 e. The van der Waals surface area contributed by atoms with Gasteiger partial charge in [-0.1, -0.05) is 30.3 Å². The quantitative estimate of drug-likeness (QED) is 0.755. The first-order chi connectivity index (χ1) is 13.3. The van der Waals surface area contributed by atoms with E-state index in [1.54, 1.807) is 19.8 Å². The van der Waals surface area contributed by atoms with Gasteiger partial charge in [-0.25, -0.2) is 9.67 Å². The number of para-hydroxylation sites is 1. The Balaban J connectivity index is 1.57. The first kappa shape index (κ1) is 17.7. The van der Waals surface area contributed by atoms with E-state index in [1.165, 1.54) is 16.7 Å². The number of rotatable bonds is 5. The minimum absolute atomic E-state index is 0.296. The van der Waals surface area contributed by atoms with Crippen molar-refractivity contribution in [3.8, 4) is 11.4 Å². The van der Waals surface area contributed by atoms with Crippen LogP contribution in [-0.2, 0) is 6.54 Å². The summed E-state index contributed by atoms with van der Waals surface area (Å²) in [6.45, 7) is 5.96. The summed E-state index contributed by atoms with van der Waals surface area (Å²) in [6.07, 6.45) is 3.29. The number of aromatic nitrogens is 3. The van der Waals surface area contributed by atoms with Crippen molar-refractivity contribution in [2.75, 3.05) is 26.7 Å². The molecule has 0 spiro atoms. The molecule has 1 fully saturated rings. The number of hydrogen-bond acceptors (Lipinski definition) is 5. The summed E-state index contributed by atoms with van der Waals surface area (Å²) in [6, 6.07) is 15.2. The lowest BCUT2D eigenvalue weighted by Gasteiger charge is -2.37. The molecule has 1 unspecified atom stereocenters. The van der Waals surface area contributed by atoms with Crippen LogP contribution in [0.25, 0.3) is 5.69 Å². The van der Waals surface area contributed by atoms with Gasteiger partial charge in [0.05, 0.1) is 18.8 Å². The second-order valence-corrected chi connectivity index (χ2v) is 6.89. The Labute approximate surface area is 159 Å². The molecule has 6 heteroatoms. The second kappa shape index (κ2) is 7.90. The van der Waals surface area contributed by atoms with Gasteiger partial charge in [-0.3, -0.25) is 4.90 Å². The predicted molar refractivity (Wildman–Crippen MR) is 105 cm³/mol. The summed E-state index contributed by atoms with van der Waals surface area (Å²) in [5.41, 5.74) is 4.81. The van der Waals surface area contributed by atoms with Crippen molar-refractivity contribution in [3.63, 3.8) is 0 Å². The van der Waals surface area contributed by atoms with Crippen molar-refractivity contribution >= 4 is 0 Å². The number of methoxy groups -OCH3 is 1. The molecule has 1 aliphatic heterocycles. The third kappa shape index (κ3) is 3.72. The van der Waals surface area contributed by atoms with E-state index in [0.717, 1.165) is 37.6 Å². The smallest absolute Gasteiger partial charge is 0.138 e. The van der Waals surface area contributed by atoms with Crippen molar-refractivity contribution in [2.45, 2.75) is 19.5 Å². The van der Waals surface area contributed by atoms with E-state index in [9.17, 15) is 0 Å². The van der Waals surface area contributed by atoms with Gasteiger partial charge in [0.1, 0.15) is 18.4 Å². The highest BCUT2D eigenvalue weighted by molar-refractivity contribution is 5.42. The van der Waals surface area contributed by atoms with Crippen molar-refractivity contribution in [1.29, 1.82) is 0 Å². The summed E-state index contributed by atoms with van der Waals surface area (Å²) in [5.74, 6) is 0.953. The average molecular weight is 363 g/mol. The number of nitrogens with zero attached hydrogens (tertiary/aromatic N) is 4. The molecule has 2 aromatic carbocycles. The van der Waals surface area contributed by atoms with E-state index in [0.29, 0.717) is 6.04 Å². The van der Waals surface area contributed by atoms with Gasteiger partial charge < -0.3 is 10.1 Å². The topological polar surface area (TPSA) is 55.2 Å². The lowest BCUT2D eigenvalue weighted by molar-refractivity contribution is 0.151. The maximum Gasteiger partial charge on any atom is 0.138 e. The molecule has 3 aromatic rings. The highest BCUT2D eigenvalue weighted by Gasteiger charge is 2.26. The molecule has 0 saturated carbocycles. The van der Waals surface area contributed by atoms with E-state index >= 15 is 0 Å². The van der Waals surface area contributed by atoms with Gasteiger partial charge in [0.2, 0.25) is 0 Å². The first-order valence-electron chi connectivity index (χ1n) is 9.28. The lowest BCUT2D eigenvalue weighted by Crippen LogP contribution is -2.45. The Morgan fingerprint density at radius 1 is 1.22 bits per heavy atom. The van der Waals surface area contributed by atoms with Crippen LogP contribution in [-0.4, -0.2) is 46.4 Å². The average Bonchev–Trinajstić information content (AvgIpc) is 3.23. The van der Waals surface area contributed by atoms with Gasteiger partial charge in [0.25, 0.3) is 0 Å². The molecule has 0 aliphatic carbocycles. The fraction of sp³-hybridized carbons (Fsp3) is 0.333. The van der Waals surface area contributed by atoms with Crippen LogP contribution in [0.15, 0.2) is 55.1 Å². The summed E-state index contributed by atoms with van der Waals surface area (Å²) < 4.78 is 7.41. The number of piperazine rings is 1. The molecule has 27 heavy (non-hydrogen) atoms. The molecule has 1 atom stereocenters. The Morgan fingerprint density at radius 3 is 2.89 bits per heavy atom. The molecule has 1 aromatic heterocycles. The van der Waals surface area contributed by atoms with Crippen molar-refractivity contribution in [2.24, 2.45) is 0 Å². The van der Waals surface area contributed by atoms with Crippen LogP contribution in [0.3, 0.4) is 0 Å². The number of nitrogens with one attached hydrogen (secondary N) is 1. The number of benzene rings is 2.